The van der Waals surface area contributed by atoms with E-state index in [1.165, 1.54) is 11.3 Å². The molecular formula is C27H23Cl2N3O3S. The van der Waals surface area contributed by atoms with E-state index < -0.39 is 5.97 Å². The zero-order chi connectivity index (χ0) is 26.0. The van der Waals surface area contributed by atoms with Gasteiger partial charge in [-0.25, -0.2) is 14.8 Å². The topological polar surface area (TPSA) is 73.7 Å². The molecule has 184 valence electrons. The van der Waals surface area contributed by atoms with Crippen LogP contribution in [0.3, 0.4) is 0 Å². The van der Waals surface area contributed by atoms with Gasteiger partial charge in [0.05, 0.1) is 21.3 Å². The Labute approximate surface area is 223 Å². The van der Waals surface area contributed by atoms with E-state index in [4.69, 9.17) is 23.2 Å². The van der Waals surface area contributed by atoms with Crippen LogP contribution in [0.25, 0.3) is 33.0 Å². The molecule has 0 spiro atoms. The van der Waals surface area contributed by atoms with Gasteiger partial charge in [-0.1, -0.05) is 53.5 Å². The number of benzene rings is 3. The summed E-state index contributed by atoms with van der Waals surface area (Å²) < 4.78 is 0. The molecule has 6 nitrogen and oxygen atoms in total. The molecule has 1 aromatic heterocycles. The Morgan fingerprint density at radius 1 is 0.917 bits per heavy atom. The summed E-state index contributed by atoms with van der Waals surface area (Å²) in [6.45, 7) is 2.45. The molecule has 0 saturated carbocycles. The fourth-order valence-corrected chi connectivity index (χ4v) is 4.97. The molecule has 4 aromatic rings. The maximum Gasteiger partial charge on any atom is 0.336 e. The third kappa shape index (κ3) is 5.29. The van der Waals surface area contributed by atoms with Crippen molar-refractivity contribution >= 4 is 46.4 Å². The van der Waals surface area contributed by atoms with Crippen molar-refractivity contribution in [3.8, 4) is 33.0 Å². The smallest absolute Gasteiger partial charge is 0.336 e. The number of hydrogen-bond donors (Lipinski definition) is 1. The average molecular weight is 540 g/mol. The predicted octanol–water partition coefficient (Wildman–Crippen LogP) is 7.09. The molecule has 1 heterocycles. The van der Waals surface area contributed by atoms with E-state index in [0.717, 1.165) is 11.3 Å². The van der Waals surface area contributed by atoms with Crippen LogP contribution in [-0.4, -0.2) is 52.6 Å². The number of carbonyl (C=O) groups excluding carboxylic acids is 1. The summed E-state index contributed by atoms with van der Waals surface area (Å²) in [7, 11) is 3.62. The minimum Gasteiger partial charge on any atom is -0.478 e. The Hall–Kier alpha value is -3.23. The summed E-state index contributed by atoms with van der Waals surface area (Å²) in [5, 5.41) is 16.8. The average Bonchev–Trinajstić information content (AvgIpc) is 3.36. The molecule has 0 unspecified atom stereocenters. The van der Waals surface area contributed by atoms with Gasteiger partial charge in [0.2, 0.25) is 0 Å². The van der Waals surface area contributed by atoms with E-state index >= 15 is 0 Å². The van der Waals surface area contributed by atoms with Crippen LogP contribution in [0.2, 0.25) is 10.0 Å². The number of amides is 1. The highest BCUT2D eigenvalue weighted by molar-refractivity contribution is 7.13. The molecule has 9 heteroatoms. The van der Waals surface area contributed by atoms with Crippen LogP contribution in [0.15, 0.2) is 66.0 Å². The molecule has 0 saturated heterocycles. The molecule has 0 aliphatic heterocycles. The van der Waals surface area contributed by atoms with Crippen LogP contribution in [0.5, 0.6) is 0 Å². The summed E-state index contributed by atoms with van der Waals surface area (Å²) in [6.07, 6.45) is 0. The molecule has 1 amide bonds. The Morgan fingerprint density at radius 3 is 2.19 bits per heavy atom. The standard InChI is InChI=1S/C27H23Cl2N3O3S/c1-4-32(31(2)3)26(33)17-7-5-16(6-8-17)20-11-9-19(13-21(20)27(34)35)25-30-24(15-36-25)18-10-12-22(28)23(29)14-18/h5-15H,4H2,1-3H3,(H,34,35). The molecule has 36 heavy (non-hydrogen) atoms. The van der Waals surface area contributed by atoms with Gasteiger partial charge in [-0.3, -0.25) is 9.80 Å². The third-order valence-electron chi connectivity index (χ3n) is 5.68. The number of halogens is 2. The fraction of sp³-hybridized carbons (Fsp3) is 0.148. The van der Waals surface area contributed by atoms with Gasteiger partial charge in [0, 0.05) is 42.7 Å². The lowest BCUT2D eigenvalue weighted by atomic mass is 9.96. The Bertz CT molecular complexity index is 1430. The SMILES string of the molecule is CCN(C(=O)c1ccc(-c2ccc(-c3nc(-c4ccc(Cl)c(Cl)c4)cs3)cc2C(=O)O)cc1)N(C)C. The molecule has 3 aromatic carbocycles. The molecule has 4 rings (SSSR count). The van der Waals surface area contributed by atoms with E-state index in [1.54, 1.807) is 58.5 Å². The van der Waals surface area contributed by atoms with Gasteiger partial charge in [-0.2, -0.15) is 0 Å². The third-order valence-corrected chi connectivity index (χ3v) is 7.31. The van der Waals surface area contributed by atoms with Gasteiger partial charge in [0.1, 0.15) is 5.01 Å². The first-order valence-corrected chi connectivity index (χ1v) is 12.7. The number of hydrogen-bond acceptors (Lipinski definition) is 5. The Morgan fingerprint density at radius 2 is 1.58 bits per heavy atom. The molecule has 0 atom stereocenters. The van der Waals surface area contributed by atoms with Gasteiger partial charge >= 0.3 is 5.97 Å². The van der Waals surface area contributed by atoms with Crippen molar-refractivity contribution in [2.45, 2.75) is 6.92 Å². The van der Waals surface area contributed by atoms with Crippen molar-refractivity contribution in [1.82, 2.24) is 15.0 Å². The molecule has 0 radical (unpaired) electrons. The van der Waals surface area contributed by atoms with Crippen molar-refractivity contribution in [2.24, 2.45) is 0 Å². The number of aromatic nitrogens is 1. The van der Waals surface area contributed by atoms with Crippen molar-refractivity contribution in [2.75, 3.05) is 20.6 Å². The van der Waals surface area contributed by atoms with Gasteiger partial charge < -0.3 is 5.11 Å². The van der Waals surface area contributed by atoms with Crippen LogP contribution in [-0.2, 0) is 0 Å². The number of nitrogens with zero attached hydrogens (tertiary/aromatic N) is 3. The lowest BCUT2D eigenvalue weighted by molar-refractivity contribution is 0.0230. The van der Waals surface area contributed by atoms with Crippen LogP contribution in [0, 0.1) is 0 Å². The van der Waals surface area contributed by atoms with Crippen molar-refractivity contribution in [1.29, 1.82) is 0 Å². The minimum atomic E-state index is -1.04. The molecule has 0 fully saturated rings. The zero-order valence-corrected chi connectivity index (χ0v) is 22.2. The van der Waals surface area contributed by atoms with Crippen molar-refractivity contribution in [3.05, 3.63) is 87.2 Å². The van der Waals surface area contributed by atoms with Gasteiger partial charge in [0.15, 0.2) is 0 Å². The lowest BCUT2D eigenvalue weighted by Gasteiger charge is -2.27. The maximum absolute atomic E-state index is 12.8. The lowest BCUT2D eigenvalue weighted by Crippen LogP contribution is -2.41. The first kappa shape index (κ1) is 25.9. The highest BCUT2D eigenvalue weighted by Gasteiger charge is 2.18. The monoisotopic (exact) mass is 539 g/mol. The largest absolute Gasteiger partial charge is 0.478 e. The minimum absolute atomic E-state index is 0.121. The van der Waals surface area contributed by atoms with E-state index in [2.05, 4.69) is 4.98 Å². The van der Waals surface area contributed by atoms with Gasteiger partial charge in [0.25, 0.3) is 5.91 Å². The Kier molecular flexibility index (Phi) is 7.76. The maximum atomic E-state index is 12.8. The quantitative estimate of drug-likeness (QED) is 0.254. The molecule has 0 bridgehead atoms. The second-order valence-electron chi connectivity index (χ2n) is 8.18. The van der Waals surface area contributed by atoms with Crippen LogP contribution in [0.4, 0.5) is 0 Å². The number of aromatic carboxylic acids is 1. The van der Waals surface area contributed by atoms with Crippen LogP contribution in [0.1, 0.15) is 27.6 Å². The zero-order valence-electron chi connectivity index (χ0n) is 19.8. The van der Waals surface area contributed by atoms with Gasteiger partial charge in [-0.15, -0.1) is 11.3 Å². The number of rotatable bonds is 7. The predicted molar refractivity (Wildman–Crippen MR) is 146 cm³/mol. The number of carboxylic acids is 1. The summed E-state index contributed by atoms with van der Waals surface area (Å²) in [5.74, 6) is -1.16. The van der Waals surface area contributed by atoms with E-state index in [0.29, 0.717) is 43.9 Å². The molecular weight excluding hydrogens is 517 g/mol. The highest BCUT2D eigenvalue weighted by atomic mass is 35.5. The summed E-state index contributed by atoms with van der Waals surface area (Å²) >= 11 is 13.6. The molecule has 1 N–H and O–H groups in total. The Balaban J connectivity index is 1.65. The summed E-state index contributed by atoms with van der Waals surface area (Å²) in [5.41, 5.74) is 4.21. The molecule has 0 aliphatic rings. The number of carbonyl (C=O) groups is 2. The van der Waals surface area contributed by atoms with E-state index in [1.807, 2.05) is 38.5 Å². The van der Waals surface area contributed by atoms with E-state index in [9.17, 15) is 14.7 Å². The first-order valence-electron chi connectivity index (χ1n) is 11.1. The summed E-state index contributed by atoms with van der Waals surface area (Å²) in [4.78, 5) is 29.6. The highest BCUT2D eigenvalue weighted by Crippen LogP contribution is 2.34. The van der Waals surface area contributed by atoms with Gasteiger partial charge in [-0.05, 0) is 48.4 Å². The number of carboxylic acid groups (broad SMARTS) is 1. The fourth-order valence-electron chi connectivity index (χ4n) is 3.85. The summed E-state index contributed by atoms with van der Waals surface area (Å²) in [6, 6.07) is 17.5. The van der Waals surface area contributed by atoms with E-state index in [-0.39, 0.29) is 11.5 Å². The van der Waals surface area contributed by atoms with Crippen LogP contribution >= 0.6 is 34.5 Å². The van der Waals surface area contributed by atoms with Crippen LogP contribution < -0.4 is 0 Å². The second-order valence-corrected chi connectivity index (χ2v) is 9.85. The first-order chi connectivity index (χ1) is 17.2. The number of hydrazine groups is 1. The van der Waals surface area contributed by atoms with Crippen molar-refractivity contribution in [3.63, 3.8) is 0 Å². The number of thiazole rings is 1. The second kappa shape index (κ2) is 10.8. The molecule has 0 aliphatic carbocycles. The normalized spacial score (nSPS) is 11.1. The van der Waals surface area contributed by atoms with Crippen molar-refractivity contribution < 1.29 is 14.7 Å².